The molecule has 0 bridgehead atoms. The van der Waals surface area contributed by atoms with Gasteiger partial charge in [0.2, 0.25) is 0 Å². The van der Waals surface area contributed by atoms with Gasteiger partial charge in [0, 0.05) is 31.2 Å². The highest BCUT2D eigenvalue weighted by atomic mass is 15.2. The largest absolute Gasteiger partial charge is 0.309 e. The van der Waals surface area contributed by atoms with Gasteiger partial charge >= 0.3 is 0 Å². The van der Waals surface area contributed by atoms with E-state index in [1.807, 2.05) is 0 Å². The summed E-state index contributed by atoms with van der Waals surface area (Å²) in [6.45, 7) is 17.5. The van der Waals surface area contributed by atoms with Crippen molar-refractivity contribution in [2.45, 2.75) is 59.5 Å². The van der Waals surface area contributed by atoms with E-state index in [2.05, 4.69) is 51.8 Å². The molecule has 2 heteroatoms. The molecule has 0 radical (unpaired) electrons. The zero-order chi connectivity index (χ0) is 12.3. The van der Waals surface area contributed by atoms with Crippen molar-refractivity contribution in [2.24, 2.45) is 11.8 Å². The van der Waals surface area contributed by atoms with Crippen LogP contribution in [0, 0.1) is 11.8 Å². The summed E-state index contributed by atoms with van der Waals surface area (Å²) in [4.78, 5) is 2.70. The highest BCUT2D eigenvalue weighted by Gasteiger charge is 2.32. The molecule has 1 N–H and O–H groups in total. The zero-order valence-corrected chi connectivity index (χ0v) is 12.0. The first-order valence-corrected chi connectivity index (χ1v) is 6.79. The summed E-state index contributed by atoms with van der Waals surface area (Å²) in [7, 11) is 0. The van der Waals surface area contributed by atoms with Gasteiger partial charge in [-0.2, -0.15) is 0 Å². The lowest BCUT2D eigenvalue weighted by Gasteiger charge is -2.46. The van der Waals surface area contributed by atoms with E-state index in [0.717, 1.165) is 24.4 Å². The number of hydrogen-bond acceptors (Lipinski definition) is 2. The van der Waals surface area contributed by atoms with Gasteiger partial charge in [-0.25, -0.2) is 0 Å². The van der Waals surface area contributed by atoms with Gasteiger partial charge in [-0.15, -0.1) is 0 Å². The van der Waals surface area contributed by atoms with Crippen LogP contribution in [0.3, 0.4) is 0 Å². The molecule has 0 spiro atoms. The first-order valence-electron chi connectivity index (χ1n) is 6.79. The van der Waals surface area contributed by atoms with E-state index in [-0.39, 0.29) is 5.54 Å². The predicted molar refractivity (Wildman–Crippen MR) is 71.7 cm³/mol. The fourth-order valence-electron chi connectivity index (χ4n) is 2.68. The second-order valence-corrected chi connectivity index (χ2v) is 6.87. The average Bonchev–Trinajstić information content (AvgIpc) is 2.07. The molecule has 0 saturated carbocycles. The summed E-state index contributed by atoms with van der Waals surface area (Å²) >= 11 is 0. The Morgan fingerprint density at radius 3 is 2.31 bits per heavy atom. The average molecular weight is 226 g/mol. The topological polar surface area (TPSA) is 15.3 Å². The molecule has 1 fully saturated rings. The van der Waals surface area contributed by atoms with E-state index >= 15 is 0 Å². The summed E-state index contributed by atoms with van der Waals surface area (Å²) in [5.41, 5.74) is 0.280. The number of rotatable bonds is 4. The Labute approximate surface area is 102 Å². The Hall–Kier alpha value is -0.0800. The molecule has 1 aliphatic heterocycles. The van der Waals surface area contributed by atoms with Gasteiger partial charge in [0.15, 0.2) is 0 Å². The molecular weight excluding hydrogens is 196 g/mol. The van der Waals surface area contributed by atoms with Crippen LogP contribution >= 0.6 is 0 Å². The first kappa shape index (κ1) is 14.0. The van der Waals surface area contributed by atoms with Gasteiger partial charge in [0.25, 0.3) is 0 Å². The fraction of sp³-hybridized carbons (Fsp3) is 1.00. The highest BCUT2D eigenvalue weighted by molar-refractivity contribution is 4.92. The Kier molecular flexibility index (Phi) is 4.81. The number of piperazine rings is 1. The van der Waals surface area contributed by atoms with Crippen molar-refractivity contribution in [1.29, 1.82) is 0 Å². The fourth-order valence-corrected chi connectivity index (χ4v) is 2.68. The van der Waals surface area contributed by atoms with Crippen LogP contribution in [0.1, 0.15) is 48.0 Å². The van der Waals surface area contributed by atoms with Gasteiger partial charge in [0.05, 0.1) is 0 Å². The third-order valence-electron chi connectivity index (χ3n) is 3.27. The molecule has 1 aliphatic rings. The Balaban J connectivity index is 2.60. The standard InChI is InChI=1S/C14H30N2/c1-11(2)7-13-8-15-14(5,6)10-16(13)9-12(3)4/h11-13,15H,7-10H2,1-6H3. The molecule has 1 rings (SSSR count). The molecule has 1 saturated heterocycles. The minimum absolute atomic E-state index is 0.280. The van der Waals surface area contributed by atoms with E-state index in [1.165, 1.54) is 19.5 Å². The third kappa shape index (κ3) is 4.42. The van der Waals surface area contributed by atoms with Gasteiger partial charge in [-0.3, -0.25) is 4.90 Å². The van der Waals surface area contributed by atoms with Gasteiger partial charge in [-0.1, -0.05) is 27.7 Å². The second kappa shape index (κ2) is 5.50. The van der Waals surface area contributed by atoms with Crippen LogP contribution in [-0.4, -0.2) is 36.1 Å². The summed E-state index contributed by atoms with van der Waals surface area (Å²) < 4.78 is 0. The van der Waals surface area contributed by atoms with Crippen molar-refractivity contribution >= 4 is 0 Å². The minimum Gasteiger partial charge on any atom is -0.309 e. The SMILES string of the molecule is CC(C)CC1CNC(C)(C)CN1CC(C)C. The second-order valence-electron chi connectivity index (χ2n) is 6.87. The van der Waals surface area contributed by atoms with Crippen LogP contribution in [0.4, 0.5) is 0 Å². The lowest BCUT2D eigenvalue weighted by Crippen LogP contribution is -2.62. The number of nitrogens with zero attached hydrogens (tertiary/aromatic N) is 1. The van der Waals surface area contributed by atoms with Crippen molar-refractivity contribution in [2.75, 3.05) is 19.6 Å². The van der Waals surface area contributed by atoms with E-state index in [9.17, 15) is 0 Å². The zero-order valence-electron chi connectivity index (χ0n) is 12.0. The molecule has 16 heavy (non-hydrogen) atoms. The summed E-state index contributed by atoms with van der Waals surface area (Å²) in [6, 6.07) is 0.732. The molecule has 1 atom stereocenters. The summed E-state index contributed by atoms with van der Waals surface area (Å²) in [5.74, 6) is 1.56. The maximum atomic E-state index is 3.68. The van der Waals surface area contributed by atoms with Crippen LogP contribution in [0.2, 0.25) is 0 Å². The van der Waals surface area contributed by atoms with E-state index in [1.54, 1.807) is 0 Å². The molecule has 0 aromatic heterocycles. The molecular formula is C14H30N2. The first-order chi connectivity index (χ1) is 7.30. The predicted octanol–water partition coefficient (Wildman–Crippen LogP) is 2.74. The monoisotopic (exact) mass is 226 g/mol. The summed E-state index contributed by atoms with van der Waals surface area (Å²) in [5, 5.41) is 3.68. The van der Waals surface area contributed by atoms with Crippen molar-refractivity contribution in [3.63, 3.8) is 0 Å². The smallest absolute Gasteiger partial charge is 0.0252 e. The van der Waals surface area contributed by atoms with Crippen LogP contribution < -0.4 is 5.32 Å². The molecule has 0 amide bonds. The molecule has 1 unspecified atom stereocenters. The van der Waals surface area contributed by atoms with Gasteiger partial charge < -0.3 is 5.32 Å². The highest BCUT2D eigenvalue weighted by Crippen LogP contribution is 2.21. The van der Waals surface area contributed by atoms with Crippen LogP contribution in [-0.2, 0) is 0 Å². The molecule has 0 aromatic carbocycles. The molecule has 96 valence electrons. The van der Waals surface area contributed by atoms with Crippen molar-refractivity contribution in [1.82, 2.24) is 10.2 Å². The molecule has 2 nitrogen and oxygen atoms in total. The number of hydrogen-bond donors (Lipinski definition) is 1. The van der Waals surface area contributed by atoms with Crippen molar-refractivity contribution in [3.05, 3.63) is 0 Å². The van der Waals surface area contributed by atoms with Gasteiger partial charge in [0.1, 0.15) is 0 Å². The van der Waals surface area contributed by atoms with Crippen LogP contribution in [0.25, 0.3) is 0 Å². The Morgan fingerprint density at radius 2 is 1.81 bits per heavy atom. The maximum Gasteiger partial charge on any atom is 0.0252 e. The third-order valence-corrected chi connectivity index (χ3v) is 3.27. The minimum atomic E-state index is 0.280. The van der Waals surface area contributed by atoms with Crippen molar-refractivity contribution in [3.8, 4) is 0 Å². The number of nitrogens with one attached hydrogen (secondary N) is 1. The molecule has 1 heterocycles. The quantitative estimate of drug-likeness (QED) is 0.793. The Morgan fingerprint density at radius 1 is 1.19 bits per heavy atom. The van der Waals surface area contributed by atoms with E-state index in [0.29, 0.717) is 0 Å². The van der Waals surface area contributed by atoms with E-state index in [4.69, 9.17) is 0 Å². The lowest BCUT2D eigenvalue weighted by molar-refractivity contribution is 0.0722. The van der Waals surface area contributed by atoms with Crippen molar-refractivity contribution < 1.29 is 0 Å². The normalized spacial score (nSPS) is 26.6. The summed E-state index contributed by atoms with van der Waals surface area (Å²) in [6.07, 6.45) is 1.32. The van der Waals surface area contributed by atoms with Crippen LogP contribution in [0.5, 0.6) is 0 Å². The lowest BCUT2D eigenvalue weighted by atomic mass is 9.93. The molecule has 0 aromatic rings. The Bertz CT molecular complexity index is 209. The molecule has 0 aliphatic carbocycles. The maximum absolute atomic E-state index is 3.68. The van der Waals surface area contributed by atoms with E-state index < -0.39 is 0 Å². The van der Waals surface area contributed by atoms with Crippen LogP contribution in [0.15, 0.2) is 0 Å². The van der Waals surface area contributed by atoms with Gasteiger partial charge in [-0.05, 0) is 32.1 Å².